The summed E-state index contributed by atoms with van der Waals surface area (Å²) in [5.74, 6) is 1.42. The van der Waals surface area contributed by atoms with Gasteiger partial charge in [0.2, 0.25) is 10.0 Å². The summed E-state index contributed by atoms with van der Waals surface area (Å²) in [6, 6.07) is 18.5. The van der Waals surface area contributed by atoms with Gasteiger partial charge in [-0.05, 0) is 67.9 Å². The maximum atomic E-state index is 11.9. The lowest BCUT2D eigenvalue weighted by Gasteiger charge is -2.33. The van der Waals surface area contributed by atoms with Crippen molar-refractivity contribution in [2.75, 3.05) is 31.4 Å². The molecule has 2 fully saturated rings. The lowest BCUT2D eigenvalue weighted by atomic mass is 9.83. The highest BCUT2D eigenvalue weighted by Gasteiger charge is 2.37. The van der Waals surface area contributed by atoms with Crippen molar-refractivity contribution in [1.29, 1.82) is 0 Å². The predicted octanol–water partition coefficient (Wildman–Crippen LogP) is 3.93. The summed E-state index contributed by atoms with van der Waals surface area (Å²) in [5, 5.41) is 0. The summed E-state index contributed by atoms with van der Waals surface area (Å²) >= 11 is 0. The van der Waals surface area contributed by atoms with Gasteiger partial charge in [0, 0.05) is 18.3 Å². The average molecular weight is 459 g/mol. The van der Waals surface area contributed by atoms with Crippen LogP contribution < -0.4 is 14.4 Å². The van der Waals surface area contributed by atoms with E-state index in [4.69, 9.17) is 9.47 Å². The number of nitrogens with one attached hydrogen (secondary N) is 1. The highest BCUT2D eigenvalue weighted by molar-refractivity contribution is 7.88. The lowest BCUT2D eigenvalue weighted by Crippen LogP contribution is -2.48. The zero-order valence-corrected chi connectivity index (χ0v) is 19.8. The van der Waals surface area contributed by atoms with Gasteiger partial charge in [0.1, 0.15) is 5.75 Å². The number of anilines is 1. The molecule has 32 heavy (non-hydrogen) atoms. The van der Waals surface area contributed by atoms with Crippen molar-refractivity contribution >= 4 is 15.7 Å². The smallest absolute Gasteiger partial charge is 0.209 e. The quantitative estimate of drug-likeness (QED) is 0.649. The molecular formula is C25H34N2O4S. The number of benzene rings is 2. The Balaban J connectivity index is 1.39. The summed E-state index contributed by atoms with van der Waals surface area (Å²) in [6.07, 6.45) is 6.56. The number of sulfonamides is 1. The first-order valence-corrected chi connectivity index (χ1v) is 13.4. The van der Waals surface area contributed by atoms with E-state index in [1.54, 1.807) is 7.11 Å². The molecule has 7 heteroatoms. The lowest BCUT2D eigenvalue weighted by molar-refractivity contribution is 0.0157. The van der Waals surface area contributed by atoms with Crippen molar-refractivity contribution in [2.24, 2.45) is 0 Å². The van der Waals surface area contributed by atoms with Crippen LogP contribution in [0.4, 0.5) is 5.69 Å². The minimum absolute atomic E-state index is 0.0371. The largest absolute Gasteiger partial charge is 0.497 e. The third kappa shape index (κ3) is 5.82. The Morgan fingerprint density at radius 1 is 0.969 bits per heavy atom. The maximum absolute atomic E-state index is 11.9. The van der Waals surface area contributed by atoms with Crippen LogP contribution >= 0.6 is 0 Å². The molecule has 1 heterocycles. The van der Waals surface area contributed by atoms with Gasteiger partial charge in [0.25, 0.3) is 0 Å². The van der Waals surface area contributed by atoms with Crippen LogP contribution in [-0.4, -0.2) is 53.1 Å². The first-order chi connectivity index (χ1) is 15.4. The normalized spacial score (nSPS) is 26.2. The Morgan fingerprint density at radius 3 is 2.28 bits per heavy atom. The van der Waals surface area contributed by atoms with Crippen molar-refractivity contribution in [1.82, 2.24) is 4.72 Å². The summed E-state index contributed by atoms with van der Waals surface area (Å²) in [4.78, 5) is 2.26. The van der Waals surface area contributed by atoms with Gasteiger partial charge in [-0.3, -0.25) is 0 Å². The molecule has 2 aromatic carbocycles. The fourth-order valence-electron chi connectivity index (χ4n) is 5.09. The number of methoxy groups -OCH3 is 1. The van der Waals surface area contributed by atoms with E-state index in [1.165, 1.54) is 11.8 Å². The van der Waals surface area contributed by atoms with Gasteiger partial charge in [-0.2, -0.15) is 0 Å². The third-order valence-electron chi connectivity index (χ3n) is 6.76. The predicted molar refractivity (Wildman–Crippen MR) is 128 cm³/mol. The zero-order valence-electron chi connectivity index (χ0n) is 18.9. The van der Waals surface area contributed by atoms with E-state index in [1.807, 2.05) is 24.3 Å². The van der Waals surface area contributed by atoms with Gasteiger partial charge >= 0.3 is 0 Å². The molecule has 174 valence electrons. The summed E-state index contributed by atoms with van der Waals surface area (Å²) in [5.41, 5.74) is 2.48. The van der Waals surface area contributed by atoms with Crippen LogP contribution in [0.1, 0.15) is 43.6 Å². The van der Waals surface area contributed by atoms with E-state index < -0.39 is 10.0 Å². The van der Waals surface area contributed by atoms with Crippen LogP contribution in [0.5, 0.6) is 5.75 Å². The molecular weight excluding hydrogens is 424 g/mol. The van der Waals surface area contributed by atoms with Gasteiger partial charge in [-0.1, -0.05) is 30.3 Å². The second-order valence-electron chi connectivity index (χ2n) is 8.96. The van der Waals surface area contributed by atoms with Gasteiger partial charge in [0.05, 0.1) is 32.1 Å². The average Bonchev–Trinajstić information content (AvgIpc) is 3.19. The molecule has 6 nitrogen and oxygen atoms in total. The van der Waals surface area contributed by atoms with Crippen molar-refractivity contribution in [3.8, 4) is 5.75 Å². The van der Waals surface area contributed by atoms with Crippen LogP contribution in [0.15, 0.2) is 54.6 Å². The zero-order chi connectivity index (χ0) is 22.6. The molecule has 0 radical (unpaired) electrons. The molecule has 4 rings (SSSR count). The molecule has 1 aliphatic carbocycles. The number of nitrogens with zero attached hydrogens (tertiary/aromatic N) is 1. The highest BCUT2D eigenvalue weighted by atomic mass is 32.2. The van der Waals surface area contributed by atoms with Crippen LogP contribution in [0.25, 0.3) is 0 Å². The second-order valence-corrected chi connectivity index (χ2v) is 10.7. The molecule has 0 aromatic heterocycles. The van der Waals surface area contributed by atoms with E-state index in [0.29, 0.717) is 12.5 Å². The molecule has 0 bridgehead atoms. The number of ether oxygens (including phenoxy) is 2. The Kier molecular flexibility index (Phi) is 7.38. The van der Waals surface area contributed by atoms with Gasteiger partial charge in [-0.15, -0.1) is 0 Å². The summed E-state index contributed by atoms with van der Waals surface area (Å²) in [6.45, 7) is 1.30. The molecule has 1 saturated carbocycles. The number of hydrogen-bond donors (Lipinski definition) is 1. The minimum atomic E-state index is -3.29. The third-order valence-corrected chi connectivity index (χ3v) is 7.49. The van der Waals surface area contributed by atoms with Crippen LogP contribution in [0, 0.1) is 0 Å². The topological polar surface area (TPSA) is 67.9 Å². The monoisotopic (exact) mass is 458 g/mol. The molecule has 2 aromatic rings. The number of hydrogen-bond acceptors (Lipinski definition) is 5. The molecule has 1 aliphatic heterocycles. The minimum Gasteiger partial charge on any atom is -0.497 e. The Morgan fingerprint density at radius 2 is 1.66 bits per heavy atom. The van der Waals surface area contributed by atoms with E-state index in [0.717, 1.165) is 50.1 Å². The maximum Gasteiger partial charge on any atom is 0.209 e. The van der Waals surface area contributed by atoms with Crippen LogP contribution in [-0.2, 0) is 14.8 Å². The molecule has 0 amide bonds. The van der Waals surface area contributed by atoms with Crippen molar-refractivity contribution in [3.63, 3.8) is 0 Å². The SMILES string of the molecule is COc1ccc(N2CC[C@H](NS(C)(=O)=O)[C@@H]2CO[C@H]2CC[C@@H](c3ccccc3)CC2)cc1. The first kappa shape index (κ1) is 23.1. The van der Waals surface area contributed by atoms with Gasteiger partial charge in [-0.25, -0.2) is 13.1 Å². The molecule has 0 unspecified atom stereocenters. The van der Waals surface area contributed by atoms with Gasteiger partial charge < -0.3 is 14.4 Å². The van der Waals surface area contributed by atoms with Crippen LogP contribution in [0.3, 0.4) is 0 Å². The molecule has 0 spiro atoms. The molecule has 1 saturated heterocycles. The van der Waals surface area contributed by atoms with E-state index >= 15 is 0 Å². The standard InChI is InChI=1S/C25H34N2O4S/c1-30-22-14-10-21(11-15-22)27-17-16-24(26-32(2,28)29)25(27)18-31-23-12-8-20(9-13-23)19-6-4-3-5-7-19/h3-7,10-11,14-15,20,23-26H,8-9,12-13,16-18H2,1-2H3/t20-,23+,24-,25-/m0/s1. The molecule has 2 aliphatic rings. The Hall–Kier alpha value is -2.09. The van der Waals surface area contributed by atoms with E-state index in [-0.39, 0.29) is 18.2 Å². The van der Waals surface area contributed by atoms with E-state index in [2.05, 4.69) is 40.0 Å². The van der Waals surface area contributed by atoms with Crippen molar-refractivity contribution in [3.05, 3.63) is 60.2 Å². The summed E-state index contributed by atoms with van der Waals surface area (Å²) in [7, 11) is -1.64. The van der Waals surface area contributed by atoms with Crippen molar-refractivity contribution in [2.45, 2.75) is 56.2 Å². The van der Waals surface area contributed by atoms with Crippen molar-refractivity contribution < 1.29 is 17.9 Å². The Labute approximate surface area is 192 Å². The van der Waals surface area contributed by atoms with Gasteiger partial charge in [0.15, 0.2) is 0 Å². The molecule has 1 N–H and O–H groups in total. The second kappa shape index (κ2) is 10.2. The fourth-order valence-corrected chi connectivity index (χ4v) is 5.91. The first-order valence-electron chi connectivity index (χ1n) is 11.5. The Bertz CT molecular complexity index is 957. The highest BCUT2D eigenvalue weighted by Crippen LogP contribution is 2.35. The summed E-state index contributed by atoms with van der Waals surface area (Å²) < 4.78 is 38.4. The van der Waals surface area contributed by atoms with Crippen LogP contribution in [0.2, 0.25) is 0 Å². The van der Waals surface area contributed by atoms with E-state index in [9.17, 15) is 8.42 Å². The fraction of sp³-hybridized carbons (Fsp3) is 0.520. The number of rotatable bonds is 8. The molecule has 2 atom stereocenters.